The highest BCUT2D eigenvalue weighted by atomic mass is 16.1. The lowest BCUT2D eigenvalue weighted by Gasteiger charge is -2.34. The maximum atomic E-state index is 13.0. The summed E-state index contributed by atoms with van der Waals surface area (Å²) in [6.07, 6.45) is 3.29. The predicted molar refractivity (Wildman–Crippen MR) is 131 cm³/mol. The Morgan fingerprint density at radius 3 is 2.39 bits per heavy atom. The van der Waals surface area contributed by atoms with Crippen LogP contribution in [0.15, 0.2) is 59.7 Å². The molecule has 0 radical (unpaired) electrons. The highest BCUT2D eigenvalue weighted by Crippen LogP contribution is 2.23. The number of rotatable bonds is 5. The molecule has 170 valence electrons. The van der Waals surface area contributed by atoms with E-state index < -0.39 is 0 Å². The van der Waals surface area contributed by atoms with Crippen molar-refractivity contribution in [2.24, 2.45) is 0 Å². The fourth-order valence-electron chi connectivity index (χ4n) is 4.17. The maximum Gasteiger partial charge on any atom is 0.278 e. The van der Waals surface area contributed by atoms with Crippen LogP contribution in [0.5, 0.6) is 0 Å². The van der Waals surface area contributed by atoms with Crippen LogP contribution in [0.4, 0.5) is 17.3 Å². The number of piperazine rings is 1. The van der Waals surface area contributed by atoms with Crippen LogP contribution < -0.4 is 15.8 Å². The van der Waals surface area contributed by atoms with Crippen molar-refractivity contribution in [3.05, 3.63) is 65.2 Å². The molecule has 33 heavy (non-hydrogen) atoms. The summed E-state index contributed by atoms with van der Waals surface area (Å²) in [5, 5.41) is 3.74. The van der Waals surface area contributed by atoms with Gasteiger partial charge in [0.25, 0.3) is 5.56 Å². The molecular weight excluding hydrogens is 416 g/mol. The van der Waals surface area contributed by atoms with Crippen molar-refractivity contribution in [3.63, 3.8) is 0 Å². The van der Waals surface area contributed by atoms with E-state index in [1.807, 2.05) is 44.2 Å². The Morgan fingerprint density at radius 2 is 1.73 bits per heavy atom. The van der Waals surface area contributed by atoms with Gasteiger partial charge in [-0.25, -0.2) is 19.3 Å². The number of anilines is 3. The number of likely N-dealkylation sites (N-methyl/N-ethyl adjacent to an activating group) is 1. The van der Waals surface area contributed by atoms with Gasteiger partial charge in [0.05, 0.1) is 0 Å². The first kappa shape index (κ1) is 21.1. The zero-order valence-electron chi connectivity index (χ0n) is 19.1. The van der Waals surface area contributed by atoms with Crippen LogP contribution in [0, 0.1) is 0 Å². The van der Waals surface area contributed by atoms with Gasteiger partial charge in [-0.15, -0.1) is 0 Å². The molecule has 0 atom stereocenters. The topological polar surface area (TPSA) is 84.1 Å². The zero-order chi connectivity index (χ0) is 22.9. The number of nitrogens with one attached hydrogen (secondary N) is 1. The SMILES string of the molecule is CC(C)n1c(=O)c2cnc(Nc3ccc(N4CCN(C)CC4)cc3)nc2n1-c1ccccn1. The van der Waals surface area contributed by atoms with Crippen LogP contribution in [0.2, 0.25) is 0 Å². The smallest absolute Gasteiger partial charge is 0.278 e. The van der Waals surface area contributed by atoms with Gasteiger partial charge in [0, 0.05) is 56.0 Å². The average molecular weight is 445 g/mol. The highest BCUT2D eigenvalue weighted by Gasteiger charge is 2.20. The van der Waals surface area contributed by atoms with Crippen LogP contribution in [-0.2, 0) is 0 Å². The van der Waals surface area contributed by atoms with Crippen molar-refractivity contribution in [2.75, 3.05) is 43.4 Å². The summed E-state index contributed by atoms with van der Waals surface area (Å²) in [7, 11) is 2.16. The van der Waals surface area contributed by atoms with Crippen molar-refractivity contribution >= 4 is 28.4 Å². The zero-order valence-corrected chi connectivity index (χ0v) is 19.1. The van der Waals surface area contributed by atoms with E-state index in [0.29, 0.717) is 22.8 Å². The van der Waals surface area contributed by atoms with Gasteiger partial charge in [-0.1, -0.05) is 6.07 Å². The Kier molecular flexibility index (Phi) is 5.55. The Hall–Kier alpha value is -3.72. The molecule has 3 aromatic heterocycles. The number of hydrogen-bond donors (Lipinski definition) is 1. The second-order valence-electron chi connectivity index (χ2n) is 8.64. The summed E-state index contributed by atoms with van der Waals surface area (Å²) >= 11 is 0. The lowest BCUT2D eigenvalue weighted by molar-refractivity contribution is 0.313. The molecule has 4 heterocycles. The lowest BCUT2D eigenvalue weighted by Crippen LogP contribution is -2.44. The molecule has 0 amide bonds. The van der Waals surface area contributed by atoms with Gasteiger partial charge >= 0.3 is 0 Å². The summed E-state index contributed by atoms with van der Waals surface area (Å²) in [6.45, 7) is 8.13. The third-order valence-corrected chi connectivity index (χ3v) is 5.97. The molecule has 1 aromatic carbocycles. The van der Waals surface area contributed by atoms with Crippen molar-refractivity contribution in [3.8, 4) is 5.82 Å². The molecule has 1 fully saturated rings. The Labute approximate surface area is 192 Å². The first-order valence-electron chi connectivity index (χ1n) is 11.2. The summed E-state index contributed by atoms with van der Waals surface area (Å²) in [5.41, 5.74) is 2.50. The van der Waals surface area contributed by atoms with Crippen molar-refractivity contribution < 1.29 is 0 Å². The van der Waals surface area contributed by atoms with Crippen LogP contribution in [-0.4, -0.2) is 62.4 Å². The summed E-state index contributed by atoms with van der Waals surface area (Å²) in [6, 6.07) is 13.8. The van der Waals surface area contributed by atoms with Gasteiger partial charge in [0.15, 0.2) is 11.5 Å². The molecule has 9 nitrogen and oxygen atoms in total. The molecule has 1 saturated heterocycles. The number of fused-ring (bicyclic) bond motifs is 1. The van der Waals surface area contributed by atoms with Gasteiger partial charge in [0.2, 0.25) is 5.95 Å². The third kappa shape index (κ3) is 4.07. The quantitative estimate of drug-likeness (QED) is 0.506. The standard InChI is InChI=1S/C24H28N8O/c1-17(2)31-23(33)20-16-26-24(28-22(20)32(31)21-6-4-5-11-25-21)27-18-7-9-19(10-8-18)30-14-12-29(3)13-15-30/h4-11,16-17H,12-15H2,1-3H3,(H,26,27,28). The maximum absolute atomic E-state index is 13.0. The molecule has 0 spiro atoms. The van der Waals surface area contributed by atoms with Gasteiger partial charge in [0.1, 0.15) is 5.39 Å². The monoisotopic (exact) mass is 444 g/mol. The van der Waals surface area contributed by atoms with Crippen molar-refractivity contribution in [2.45, 2.75) is 19.9 Å². The van der Waals surface area contributed by atoms with E-state index in [1.54, 1.807) is 21.8 Å². The molecule has 5 rings (SSSR count). The van der Waals surface area contributed by atoms with Gasteiger partial charge < -0.3 is 15.1 Å². The van der Waals surface area contributed by atoms with E-state index in [-0.39, 0.29) is 11.6 Å². The van der Waals surface area contributed by atoms with E-state index in [0.717, 1.165) is 31.9 Å². The van der Waals surface area contributed by atoms with E-state index in [4.69, 9.17) is 4.98 Å². The second-order valence-corrected chi connectivity index (χ2v) is 8.64. The van der Waals surface area contributed by atoms with Gasteiger partial charge in [-0.3, -0.25) is 4.79 Å². The minimum absolute atomic E-state index is 0.0627. The van der Waals surface area contributed by atoms with E-state index in [9.17, 15) is 4.79 Å². The molecule has 0 saturated carbocycles. The fraction of sp³-hybridized carbons (Fsp3) is 0.333. The molecule has 0 aliphatic carbocycles. The van der Waals surface area contributed by atoms with Gasteiger partial charge in [-0.05, 0) is 57.3 Å². The van der Waals surface area contributed by atoms with Gasteiger partial charge in [-0.2, -0.15) is 4.98 Å². The number of hydrogen-bond acceptors (Lipinski definition) is 7. The third-order valence-electron chi connectivity index (χ3n) is 5.97. The number of pyridine rings is 1. The lowest BCUT2D eigenvalue weighted by atomic mass is 10.2. The Balaban J connectivity index is 1.47. The first-order valence-corrected chi connectivity index (χ1v) is 11.2. The average Bonchev–Trinajstić information content (AvgIpc) is 3.13. The van der Waals surface area contributed by atoms with Crippen LogP contribution in [0.25, 0.3) is 16.9 Å². The van der Waals surface area contributed by atoms with Crippen LogP contribution in [0.1, 0.15) is 19.9 Å². The first-order chi connectivity index (χ1) is 16.0. The molecular formula is C24H28N8O. The largest absolute Gasteiger partial charge is 0.369 e. The Bertz CT molecular complexity index is 1300. The minimum Gasteiger partial charge on any atom is -0.369 e. The minimum atomic E-state index is -0.131. The summed E-state index contributed by atoms with van der Waals surface area (Å²) < 4.78 is 3.43. The predicted octanol–water partition coefficient (Wildman–Crippen LogP) is 3.05. The molecule has 1 aliphatic rings. The van der Waals surface area contributed by atoms with Crippen LogP contribution in [0.3, 0.4) is 0 Å². The normalized spacial score (nSPS) is 14.8. The number of aromatic nitrogens is 5. The van der Waals surface area contributed by atoms with Crippen molar-refractivity contribution in [1.82, 2.24) is 29.2 Å². The molecule has 9 heteroatoms. The van der Waals surface area contributed by atoms with Crippen molar-refractivity contribution in [1.29, 1.82) is 0 Å². The van der Waals surface area contributed by atoms with Crippen LogP contribution >= 0.6 is 0 Å². The van der Waals surface area contributed by atoms with E-state index in [2.05, 4.69) is 44.3 Å². The second kappa shape index (κ2) is 8.67. The summed E-state index contributed by atoms with van der Waals surface area (Å²) in [5.74, 6) is 1.07. The summed E-state index contributed by atoms with van der Waals surface area (Å²) in [4.78, 5) is 31.3. The molecule has 0 bridgehead atoms. The molecule has 1 N–H and O–H groups in total. The number of nitrogens with zero attached hydrogens (tertiary/aromatic N) is 7. The molecule has 4 aromatic rings. The fourth-order valence-corrected chi connectivity index (χ4v) is 4.17. The Morgan fingerprint density at radius 1 is 0.970 bits per heavy atom. The highest BCUT2D eigenvalue weighted by molar-refractivity contribution is 5.77. The van der Waals surface area contributed by atoms with E-state index >= 15 is 0 Å². The molecule has 0 unspecified atom stereocenters. The van der Waals surface area contributed by atoms with E-state index in [1.165, 1.54) is 5.69 Å². The molecule has 1 aliphatic heterocycles. The number of benzene rings is 1.